The van der Waals surface area contributed by atoms with Gasteiger partial charge in [0.1, 0.15) is 9.73 Å². The van der Waals surface area contributed by atoms with Crippen LogP contribution in [-0.4, -0.2) is 23.3 Å². The molecule has 2 aliphatic rings. The van der Waals surface area contributed by atoms with E-state index in [1.165, 1.54) is 0 Å². The molecule has 2 aromatic rings. The van der Waals surface area contributed by atoms with Gasteiger partial charge in [0.25, 0.3) is 5.91 Å². The average molecular weight is 342 g/mol. The molecule has 0 saturated carbocycles. The smallest absolute Gasteiger partial charge is 0.259 e. The van der Waals surface area contributed by atoms with Crippen LogP contribution in [0, 0.1) is 5.92 Å². The van der Waals surface area contributed by atoms with Crippen LogP contribution in [0.3, 0.4) is 0 Å². The van der Waals surface area contributed by atoms with Gasteiger partial charge in [-0.15, -0.1) is 0 Å². The summed E-state index contributed by atoms with van der Waals surface area (Å²) in [4.78, 5) is 13.8. The third kappa shape index (κ3) is 2.52. The van der Waals surface area contributed by atoms with E-state index in [2.05, 4.69) is 9.68 Å². The van der Waals surface area contributed by atoms with Crippen LogP contribution in [0.4, 0.5) is 11.4 Å². The Kier molecular flexibility index (Phi) is 3.86. The average Bonchev–Trinajstić information content (AvgIpc) is 2.63. The molecular formula is C18H18N2O3S. The number of rotatable bonds is 1. The molecule has 1 unspecified atom stereocenters. The lowest BCUT2D eigenvalue weighted by atomic mass is 10.0. The van der Waals surface area contributed by atoms with Crippen molar-refractivity contribution in [2.24, 2.45) is 10.3 Å². The van der Waals surface area contributed by atoms with Crippen LogP contribution in [-0.2, 0) is 19.3 Å². The van der Waals surface area contributed by atoms with Crippen molar-refractivity contribution in [3.05, 3.63) is 48.5 Å². The van der Waals surface area contributed by atoms with Crippen LogP contribution in [0.15, 0.2) is 62.7 Å². The van der Waals surface area contributed by atoms with Crippen molar-refractivity contribution in [1.29, 1.82) is 0 Å². The molecule has 6 heteroatoms. The summed E-state index contributed by atoms with van der Waals surface area (Å²) in [5.74, 6) is -0.627. The van der Waals surface area contributed by atoms with E-state index in [1.807, 2.05) is 36.4 Å². The van der Waals surface area contributed by atoms with E-state index in [1.54, 1.807) is 12.1 Å². The lowest BCUT2D eigenvalue weighted by molar-refractivity contribution is -0.125. The zero-order valence-electron chi connectivity index (χ0n) is 13.1. The van der Waals surface area contributed by atoms with Crippen LogP contribution >= 0.6 is 0 Å². The number of carbonyl (C=O) groups is 1. The predicted molar refractivity (Wildman–Crippen MR) is 91.8 cm³/mol. The molecule has 2 heterocycles. The van der Waals surface area contributed by atoms with Crippen molar-refractivity contribution in [3.8, 4) is 0 Å². The fourth-order valence-corrected chi connectivity index (χ4v) is 5.32. The predicted octanol–water partition coefficient (Wildman–Crippen LogP) is 3.58. The molecule has 1 saturated heterocycles. The maximum Gasteiger partial charge on any atom is 0.259 e. The summed E-state index contributed by atoms with van der Waals surface area (Å²) in [6, 6.07) is 14.6. The Labute approximate surface area is 141 Å². The molecule has 2 aromatic carbocycles. The number of ether oxygens (including phenoxy) is 1. The van der Waals surface area contributed by atoms with Crippen LogP contribution < -0.4 is 5.32 Å². The number of benzene rings is 2. The van der Waals surface area contributed by atoms with Crippen molar-refractivity contribution in [2.75, 3.05) is 18.5 Å². The van der Waals surface area contributed by atoms with Crippen LogP contribution in [0.2, 0.25) is 0 Å². The Morgan fingerprint density at radius 3 is 2.29 bits per heavy atom. The van der Waals surface area contributed by atoms with Crippen molar-refractivity contribution in [2.45, 2.75) is 22.6 Å². The monoisotopic (exact) mass is 342 g/mol. The minimum atomic E-state index is -3.00. The maximum atomic E-state index is 13.8. The normalized spacial score (nSPS) is 21.1. The molecule has 24 heavy (non-hydrogen) atoms. The summed E-state index contributed by atoms with van der Waals surface area (Å²) in [6.07, 6.45) is 1.57. The first-order chi connectivity index (χ1) is 11.7. The van der Waals surface area contributed by atoms with Crippen LogP contribution in [0.1, 0.15) is 12.8 Å². The number of carbonyl (C=O) groups excluding carboxylic acids is 1. The van der Waals surface area contributed by atoms with E-state index >= 15 is 0 Å². The van der Waals surface area contributed by atoms with Gasteiger partial charge in [-0.2, -0.15) is 4.36 Å². The molecular weight excluding hydrogens is 324 g/mol. The fourth-order valence-electron chi connectivity index (χ4n) is 3.12. The first kappa shape index (κ1) is 15.4. The highest BCUT2D eigenvalue weighted by atomic mass is 32.2. The minimum Gasteiger partial charge on any atom is -0.381 e. The van der Waals surface area contributed by atoms with Gasteiger partial charge in [0.05, 0.1) is 33.7 Å². The standard InChI is InChI=1S/C18H18N2O3S/c21-18(13-6-5-11-23-12-13)20-24(22)16-9-3-1-7-14(16)19-15-8-2-4-10-17(15)24/h1-4,7-10,13,19H,5-6,11-12H2. The number of fused-ring (bicyclic) bond motifs is 2. The summed E-state index contributed by atoms with van der Waals surface area (Å²) < 4.78 is 23.5. The first-order valence-electron chi connectivity index (χ1n) is 8.02. The first-order valence-corrected chi connectivity index (χ1v) is 9.54. The molecule has 1 atom stereocenters. The zero-order valence-corrected chi connectivity index (χ0v) is 13.9. The Morgan fingerprint density at radius 2 is 1.71 bits per heavy atom. The number of para-hydroxylation sites is 2. The van der Waals surface area contributed by atoms with E-state index in [-0.39, 0.29) is 11.8 Å². The van der Waals surface area contributed by atoms with Crippen LogP contribution in [0.5, 0.6) is 0 Å². The van der Waals surface area contributed by atoms with E-state index in [0.717, 1.165) is 24.2 Å². The zero-order chi connectivity index (χ0) is 16.6. The third-order valence-corrected chi connectivity index (χ3v) is 6.71. The molecule has 5 nitrogen and oxygen atoms in total. The second kappa shape index (κ2) is 6.03. The highest BCUT2D eigenvalue weighted by Crippen LogP contribution is 2.40. The number of nitrogens with one attached hydrogen (secondary N) is 1. The highest BCUT2D eigenvalue weighted by molar-refractivity contribution is 7.94. The highest BCUT2D eigenvalue weighted by Gasteiger charge is 2.30. The summed E-state index contributed by atoms with van der Waals surface area (Å²) in [5.41, 5.74) is 1.47. The second-order valence-electron chi connectivity index (χ2n) is 5.99. The van der Waals surface area contributed by atoms with E-state index in [9.17, 15) is 9.00 Å². The van der Waals surface area contributed by atoms with Gasteiger partial charge in [-0.25, -0.2) is 4.21 Å². The molecule has 4 rings (SSSR count). The Bertz CT molecular complexity index is 858. The fraction of sp³-hybridized carbons (Fsp3) is 0.278. The van der Waals surface area contributed by atoms with Gasteiger partial charge in [-0.1, -0.05) is 24.3 Å². The number of anilines is 2. The molecule has 0 aliphatic carbocycles. The summed E-state index contributed by atoms with van der Waals surface area (Å²) in [6.45, 7) is 1.04. The number of amides is 1. The molecule has 0 spiro atoms. The number of hydrogen-bond acceptors (Lipinski definition) is 4. The number of hydrogen-bond donors (Lipinski definition) is 1. The Balaban J connectivity index is 1.88. The second-order valence-corrected chi connectivity index (χ2v) is 8.10. The Morgan fingerprint density at radius 1 is 1.08 bits per heavy atom. The molecule has 0 radical (unpaired) electrons. The third-order valence-electron chi connectivity index (χ3n) is 4.37. The van der Waals surface area contributed by atoms with E-state index < -0.39 is 9.73 Å². The molecule has 0 bridgehead atoms. The van der Waals surface area contributed by atoms with Crippen molar-refractivity contribution in [1.82, 2.24) is 0 Å². The van der Waals surface area contributed by atoms with Crippen LogP contribution in [0.25, 0.3) is 0 Å². The number of nitrogens with zero attached hydrogens (tertiary/aromatic N) is 1. The minimum absolute atomic E-state index is 0.300. The Hall–Kier alpha value is -2.18. The summed E-state index contributed by atoms with van der Waals surface area (Å²) >= 11 is 0. The molecule has 1 amide bonds. The molecule has 1 fully saturated rings. The van der Waals surface area contributed by atoms with Crippen molar-refractivity contribution in [3.63, 3.8) is 0 Å². The van der Waals surface area contributed by atoms with Gasteiger partial charge in [-0.05, 0) is 37.1 Å². The van der Waals surface area contributed by atoms with Gasteiger partial charge in [0, 0.05) is 6.61 Å². The maximum absolute atomic E-state index is 13.8. The van der Waals surface area contributed by atoms with Crippen molar-refractivity contribution >= 4 is 27.0 Å². The SMILES string of the molecule is O=C(N=S1(=O)c2ccccc2Nc2ccccc21)C1CCCOC1. The lowest BCUT2D eigenvalue weighted by Crippen LogP contribution is -2.25. The van der Waals surface area contributed by atoms with Gasteiger partial charge in [0.2, 0.25) is 0 Å². The topological polar surface area (TPSA) is 67.8 Å². The van der Waals surface area contributed by atoms with Gasteiger partial charge in [-0.3, -0.25) is 4.79 Å². The van der Waals surface area contributed by atoms with E-state index in [0.29, 0.717) is 23.0 Å². The quantitative estimate of drug-likeness (QED) is 0.734. The van der Waals surface area contributed by atoms with Crippen molar-refractivity contribution < 1.29 is 13.7 Å². The van der Waals surface area contributed by atoms with Gasteiger partial charge >= 0.3 is 0 Å². The molecule has 0 aromatic heterocycles. The van der Waals surface area contributed by atoms with Gasteiger partial charge in [0.15, 0.2) is 0 Å². The largest absolute Gasteiger partial charge is 0.381 e. The molecule has 124 valence electrons. The van der Waals surface area contributed by atoms with Gasteiger partial charge < -0.3 is 10.1 Å². The molecule has 2 aliphatic heterocycles. The summed E-state index contributed by atoms with van der Waals surface area (Å²) in [7, 11) is -3.00. The molecule has 1 N–H and O–H groups in total. The summed E-state index contributed by atoms with van der Waals surface area (Å²) in [5, 5.41) is 3.27. The van der Waals surface area contributed by atoms with E-state index in [4.69, 9.17) is 4.74 Å². The lowest BCUT2D eigenvalue weighted by Gasteiger charge is -2.25.